The molecule has 1 aromatic carbocycles. The fraction of sp³-hybridized carbons (Fsp3) is 0.111. The first-order valence-electron chi connectivity index (χ1n) is 4.16. The molecule has 0 fully saturated rings. The van der Waals surface area contributed by atoms with Crippen LogP contribution in [0.1, 0.15) is 17.3 Å². The van der Waals surface area contributed by atoms with Crippen LogP contribution in [-0.4, -0.2) is 8.75 Å². The molecule has 0 amide bonds. The molecule has 0 saturated carbocycles. The molecule has 1 atom stereocenters. The van der Waals surface area contributed by atoms with E-state index in [2.05, 4.69) is 8.75 Å². The van der Waals surface area contributed by atoms with Crippen LogP contribution >= 0.6 is 11.7 Å². The molecule has 0 radical (unpaired) electrons. The van der Waals surface area contributed by atoms with Gasteiger partial charge in [-0.2, -0.15) is 8.75 Å². The zero-order chi connectivity index (χ0) is 10.8. The van der Waals surface area contributed by atoms with Crippen molar-refractivity contribution in [1.82, 2.24) is 8.75 Å². The number of rotatable bonds is 2. The molecule has 0 bridgehead atoms. The minimum absolute atomic E-state index is 0.347. The maximum atomic E-state index is 12.9. The van der Waals surface area contributed by atoms with Crippen LogP contribution in [0.25, 0.3) is 0 Å². The van der Waals surface area contributed by atoms with Gasteiger partial charge in [0.2, 0.25) is 0 Å². The lowest BCUT2D eigenvalue weighted by Crippen LogP contribution is -2.12. The van der Waals surface area contributed by atoms with E-state index in [9.17, 15) is 8.78 Å². The van der Waals surface area contributed by atoms with Crippen LogP contribution in [0.5, 0.6) is 0 Å². The summed E-state index contributed by atoms with van der Waals surface area (Å²) < 4.78 is 33.5. The van der Waals surface area contributed by atoms with Gasteiger partial charge < -0.3 is 5.73 Å². The van der Waals surface area contributed by atoms with Crippen LogP contribution < -0.4 is 5.73 Å². The molecule has 2 N–H and O–H groups in total. The highest BCUT2D eigenvalue weighted by atomic mass is 32.1. The Morgan fingerprint density at radius 2 is 1.87 bits per heavy atom. The maximum absolute atomic E-state index is 12.9. The topological polar surface area (TPSA) is 51.8 Å². The van der Waals surface area contributed by atoms with E-state index in [1.165, 1.54) is 18.3 Å². The van der Waals surface area contributed by atoms with E-state index in [1.807, 2.05) is 0 Å². The first-order valence-corrected chi connectivity index (χ1v) is 4.89. The largest absolute Gasteiger partial charge is 0.319 e. The Kier molecular flexibility index (Phi) is 2.70. The van der Waals surface area contributed by atoms with Crippen LogP contribution in [0.4, 0.5) is 8.78 Å². The number of hydrogen-bond donors (Lipinski definition) is 1. The van der Waals surface area contributed by atoms with Gasteiger partial charge in [0.1, 0.15) is 11.6 Å². The molecule has 0 saturated heterocycles. The lowest BCUT2D eigenvalue weighted by Gasteiger charge is -2.08. The van der Waals surface area contributed by atoms with Gasteiger partial charge in [-0.3, -0.25) is 0 Å². The van der Waals surface area contributed by atoms with Crippen molar-refractivity contribution >= 4 is 11.7 Å². The molecule has 0 aliphatic rings. The molecule has 0 spiro atoms. The normalized spacial score (nSPS) is 12.7. The van der Waals surface area contributed by atoms with E-state index in [4.69, 9.17) is 5.73 Å². The van der Waals surface area contributed by atoms with Gasteiger partial charge in [0, 0.05) is 6.07 Å². The number of aromatic nitrogens is 2. The zero-order valence-corrected chi connectivity index (χ0v) is 8.34. The summed E-state index contributed by atoms with van der Waals surface area (Å²) >= 11 is 1.00. The maximum Gasteiger partial charge on any atom is 0.126 e. The Bertz CT molecular complexity index is 438. The predicted octanol–water partition coefficient (Wildman–Crippen LogP) is 1.86. The Hall–Kier alpha value is -1.40. The molecular formula is C9H7F2N3S. The summed E-state index contributed by atoms with van der Waals surface area (Å²) in [5.41, 5.74) is 6.62. The predicted molar refractivity (Wildman–Crippen MR) is 52.3 cm³/mol. The van der Waals surface area contributed by atoms with Gasteiger partial charge in [0.15, 0.2) is 0 Å². The van der Waals surface area contributed by atoms with E-state index in [1.54, 1.807) is 0 Å². The number of nitrogens with two attached hydrogens (primary N) is 1. The number of hydrogen-bond acceptors (Lipinski definition) is 4. The third-order valence-corrected chi connectivity index (χ3v) is 2.43. The zero-order valence-electron chi connectivity index (χ0n) is 7.52. The van der Waals surface area contributed by atoms with E-state index in [-0.39, 0.29) is 0 Å². The summed E-state index contributed by atoms with van der Waals surface area (Å²) in [4.78, 5) is 0. The molecule has 15 heavy (non-hydrogen) atoms. The van der Waals surface area contributed by atoms with Gasteiger partial charge in [-0.15, -0.1) is 0 Å². The van der Waals surface area contributed by atoms with Gasteiger partial charge in [0.25, 0.3) is 0 Å². The van der Waals surface area contributed by atoms with Crippen LogP contribution in [-0.2, 0) is 0 Å². The Morgan fingerprint density at radius 1 is 1.20 bits per heavy atom. The van der Waals surface area contributed by atoms with E-state index in [0.29, 0.717) is 11.3 Å². The molecule has 1 heterocycles. The van der Waals surface area contributed by atoms with Crippen molar-refractivity contribution < 1.29 is 8.78 Å². The van der Waals surface area contributed by atoms with Crippen LogP contribution in [0.2, 0.25) is 0 Å². The van der Waals surface area contributed by atoms with Gasteiger partial charge in [-0.1, -0.05) is 0 Å². The standard InChI is InChI=1S/C9H7F2N3S/c10-6-1-5(2-7(11)3-6)9(12)8-4-13-15-14-8/h1-4,9H,12H2. The van der Waals surface area contributed by atoms with E-state index >= 15 is 0 Å². The molecule has 2 rings (SSSR count). The van der Waals surface area contributed by atoms with Gasteiger partial charge in [-0.25, -0.2) is 8.78 Å². The fourth-order valence-electron chi connectivity index (χ4n) is 1.23. The summed E-state index contributed by atoms with van der Waals surface area (Å²) in [6, 6.07) is 2.53. The molecule has 1 aromatic heterocycles. The van der Waals surface area contributed by atoms with Gasteiger partial charge in [-0.05, 0) is 17.7 Å². The van der Waals surface area contributed by atoms with Crippen molar-refractivity contribution in [2.24, 2.45) is 5.73 Å². The number of benzene rings is 1. The van der Waals surface area contributed by atoms with Crippen LogP contribution in [0, 0.1) is 11.6 Å². The van der Waals surface area contributed by atoms with Crippen molar-refractivity contribution in [1.29, 1.82) is 0 Å². The second kappa shape index (κ2) is 4.00. The Morgan fingerprint density at radius 3 is 2.40 bits per heavy atom. The van der Waals surface area contributed by atoms with Crippen molar-refractivity contribution in [3.8, 4) is 0 Å². The van der Waals surface area contributed by atoms with Crippen molar-refractivity contribution in [3.63, 3.8) is 0 Å². The lowest BCUT2D eigenvalue weighted by molar-refractivity contribution is 0.577. The number of halogens is 2. The van der Waals surface area contributed by atoms with Crippen LogP contribution in [0.15, 0.2) is 24.4 Å². The molecule has 2 aromatic rings. The second-order valence-corrected chi connectivity index (χ2v) is 3.57. The average molecular weight is 227 g/mol. The quantitative estimate of drug-likeness (QED) is 0.852. The summed E-state index contributed by atoms with van der Waals surface area (Å²) in [6.07, 6.45) is 1.48. The molecule has 3 nitrogen and oxygen atoms in total. The lowest BCUT2D eigenvalue weighted by atomic mass is 10.1. The van der Waals surface area contributed by atoms with Crippen molar-refractivity contribution in [2.45, 2.75) is 6.04 Å². The van der Waals surface area contributed by atoms with E-state index in [0.717, 1.165) is 17.8 Å². The van der Waals surface area contributed by atoms with Crippen molar-refractivity contribution in [3.05, 3.63) is 47.3 Å². The Balaban J connectivity index is 2.37. The van der Waals surface area contributed by atoms with E-state index < -0.39 is 17.7 Å². The molecule has 6 heteroatoms. The summed E-state index contributed by atoms with van der Waals surface area (Å²) in [5, 5.41) is 0. The SMILES string of the molecule is NC(c1cc(F)cc(F)c1)c1cnsn1. The fourth-order valence-corrected chi connectivity index (χ4v) is 1.69. The van der Waals surface area contributed by atoms with Crippen LogP contribution in [0.3, 0.4) is 0 Å². The molecular weight excluding hydrogens is 220 g/mol. The molecule has 0 aliphatic carbocycles. The summed E-state index contributed by atoms with van der Waals surface area (Å²) in [7, 11) is 0. The summed E-state index contributed by atoms with van der Waals surface area (Å²) in [6.45, 7) is 0. The summed E-state index contributed by atoms with van der Waals surface area (Å²) in [5.74, 6) is -1.30. The minimum atomic E-state index is -0.649. The minimum Gasteiger partial charge on any atom is -0.319 e. The first kappa shape index (κ1) is 10.1. The molecule has 1 unspecified atom stereocenters. The van der Waals surface area contributed by atoms with Gasteiger partial charge >= 0.3 is 0 Å². The smallest absolute Gasteiger partial charge is 0.126 e. The van der Waals surface area contributed by atoms with Gasteiger partial charge in [0.05, 0.1) is 29.7 Å². The monoisotopic (exact) mass is 227 g/mol. The molecule has 0 aliphatic heterocycles. The second-order valence-electron chi connectivity index (χ2n) is 3.01. The first-order chi connectivity index (χ1) is 7.16. The van der Waals surface area contributed by atoms with Crippen molar-refractivity contribution in [2.75, 3.05) is 0 Å². The molecule has 78 valence electrons. The highest BCUT2D eigenvalue weighted by Gasteiger charge is 2.13. The Labute approximate surface area is 88.9 Å². The average Bonchev–Trinajstić information content (AvgIpc) is 2.67. The third-order valence-electron chi connectivity index (χ3n) is 1.94. The third kappa shape index (κ3) is 2.16. The number of nitrogens with zero attached hydrogens (tertiary/aromatic N) is 2. The highest BCUT2D eigenvalue weighted by molar-refractivity contribution is 6.99. The highest BCUT2D eigenvalue weighted by Crippen LogP contribution is 2.19.